The molecule has 0 saturated carbocycles. The number of aromatic nitrogens is 1. The highest BCUT2D eigenvalue weighted by atomic mass is 32.2. The summed E-state index contributed by atoms with van der Waals surface area (Å²) >= 11 is 1.45. The Morgan fingerprint density at radius 2 is 2.11 bits per heavy atom. The normalized spacial score (nSPS) is 26.3. The summed E-state index contributed by atoms with van der Waals surface area (Å²) in [6, 6.07) is 0. The SMILES string of the molecule is CC1CC(C)CN(S(=O)(=O)NCc2nccs2)C1. The molecular formula is C11H19N3O2S2. The van der Waals surface area contributed by atoms with Crippen LogP contribution in [-0.2, 0) is 16.8 Å². The molecule has 0 amide bonds. The molecule has 0 radical (unpaired) electrons. The second kappa shape index (κ2) is 5.64. The number of piperidine rings is 1. The van der Waals surface area contributed by atoms with Crippen molar-refractivity contribution in [2.45, 2.75) is 26.8 Å². The lowest BCUT2D eigenvalue weighted by atomic mass is 9.94. The smallest absolute Gasteiger partial charge is 0.248 e. The maximum absolute atomic E-state index is 12.2. The van der Waals surface area contributed by atoms with E-state index < -0.39 is 10.2 Å². The molecule has 0 bridgehead atoms. The van der Waals surface area contributed by atoms with E-state index >= 15 is 0 Å². The van der Waals surface area contributed by atoms with Gasteiger partial charge < -0.3 is 0 Å². The first-order valence-electron chi connectivity index (χ1n) is 6.10. The fourth-order valence-corrected chi connectivity index (χ4v) is 4.44. The zero-order valence-corrected chi connectivity index (χ0v) is 12.3. The van der Waals surface area contributed by atoms with Crippen LogP contribution in [0.25, 0.3) is 0 Å². The Morgan fingerprint density at radius 1 is 1.44 bits per heavy atom. The topological polar surface area (TPSA) is 62.3 Å². The summed E-state index contributed by atoms with van der Waals surface area (Å²) in [6.45, 7) is 5.69. The first kappa shape index (κ1) is 13.9. The molecule has 2 atom stereocenters. The second-order valence-electron chi connectivity index (χ2n) is 5.02. The van der Waals surface area contributed by atoms with Gasteiger partial charge in [0.25, 0.3) is 10.2 Å². The fourth-order valence-electron chi connectivity index (χ4n) is 2.39. The zero-order chi connectivity index (χ0) is 13.2. The first-order chi connectivity index (χ1) is 8.47. The minimum atomic E-state index is -3.38. The molecule has 5 nitrogen and oxygen atoms in total. The summed E-state index contributed by atoms with van der Waals surface area (Å²) in [4.78, 5) is 4.07. The highest BCUT2D eigenvalue weighted by Gasteiger charge is 2.30. The molecule has 1 aromatic rings. The van der Waals surface area contributed by atoms with Crippen LogP contribution in [0.5, 0.6) is 0 Å². The largest absolute Gasteiger partial charge is 0.279 e. The van der Waals surface area contributed by atoms with Crippen LogP contribution in [0, 0.1) is 11.8 Å². The molecule has 2 unspecified atom stereocenters. The van der Waals surface area contributed by atoms with Crippen LogP contribution >= 0.6 is 11.3 Å². The summed E-state index contributed by atoms with van der Waals surface area (Å²) in [7, 11) is -3.38. The summed E-state index contributed by atoms with van der Waals surface area (Å²) in [6.07, 6.45) is 2.78. The van der Waals surface area contributed by atoms with Gasteiger partial charge in [0.05, 0.1) is 6.54 Å². The lowest BCUT2D eigenvalue weighted by molar-refractivity contribution is 0.220. The molecule has 1 N–H and O–H groups in total. The maximum Gasteiger partial charge on any atom is 0.279 e. The van der Waals surface area contributed by atoms with Crippen molar-refractivity contribution in [3.63, 3.8) is 0 Å². The van der Waals surface area contributed by atoms with Crippen LogP contribution in [0.4, 0.5) is 0 Å². The predicted octanol–water partition coefficient (Wildman–Crippen LogP) is 1.46. The van der Waals surface area contributed by atoms with Gasteiger partial charge in [0.1, 0.15) is 5.01 Å². The summed E-state index contributed by atoms with van der Waals surface area (Å²) in [5, 5.41) is 2.63. The third-order valence-electron chi connectivity index (χ3n) is 3.06. The Morgan fingerprint density at radius 3 is 2.67 bits per heavy atom. The van der Waals surface area contributed by atoms with Crippen LogP contribution in [-0.4, -0.2) is 30.8 Å². The van der Waals surface area contributed by atoms with Gasteiger partial charge in [0.15, 0.2) is 0 Å². The molecule has 2 heterocycles. The van der Waals surface area contributed by atoms with E-state index in [0.717, 1.165) is 11.4 Å². The highest BCUT2D eigenvalue weighted by molar-refractivity contribution is 7.87. The van der Waals surface area contributed by atoms with Crippen LogP contribution in [0.15, 0.2) is 11.6 Å². The average Bonchev–Trinajstić information content (AvgIpc) is 2.78. The van der Waals surface area contributed by atoms with Crippen LogP contribution in [0.2, 0.25) is 0 Å². The van der Waals surface area contributed by atoms with E-state index in [4.69, 9.17) is 0 Å². The van der Waals surface area contributed by atoms with Crippen LogP contribution in [0.1, 0.15) is 25.3 Å². The monoisotopic (exact) mass is 289 g/mol. The quantitative estimate of drug-likeness (QED) is 0.912. The summed E-state index contributed by atoms with van der Waals surface area (Å²) < 4.78 is 28.5. The van der Waals surface area contributed by atoms with Gasteiger partial charge in [-0.15, -0.1) is 11.3 Å². The van der Waals surface area contributed by atoms with E-state index in [2.05, 4.69) is 23.6 Å². The average molecular weight is 289 g/mol. The van der Waals surface area contributed by atoms with Crippen molar-refractivity contribution in [3.8, 4) is 0 Å². The molecule has 1 saturated heterocycles. The second-order valence-corrected chi connectivity index (χ2v) is 7.75. The molecule has 1 aliphatic heterocycles. The number of nitrogens with zero attached hydrogens (tertiary/aromatic N) is 2. The van der Waals surface area contributed by atoms with Gasteiger partial charge in [-0.25, -0.2) is 4.98 Å². The van der Waals surface area contributed by atoms with Crippen molar-refractivity contribution in [3.05, 3.63) is 16.6 Å². The van der Waals surface area contributed by atoms with Gasteiger partial charge in [0, 0.05) is 24.7 Å². The number of rotatable bonds is 4. The standard InChI is InChI=1S/C11H19N3O2S2/c1-9-5-10(2)8-14(7-9)18(15,16)13-6-11-12-3-4-17-11/h3-4,9-10,13H,5-8H2,1-2H3. The molecule has 1 aromatic heterocycles. The Bertz CT molecular complexity index is 462. The van der Waals surface area contributed by atoms with Crippen molar-refractivity contribution in [2.75, 3.05) is 13.1 Å². The van der Waals surface area contributed by atoms with Crippen molar-refractivity contribution >= 4 is 21.5 Å². The minimum Gasteiger partial charge on any atom is -0.248 e. The predicted molar refractivity (Wildman–Crippen MR) is 72.4 cm³/mol. The fraction of sp³-hybridized carbons (Fsp3) is 0.727. The Hall–Kier alpha value is -0.500. The molecule has 18 heavy (non-hydrogen) atoms. The lowest BCUT2D eigenvalue weighted by Crippen LogP contribution is -2.47. The minimum absolute atomic E-state index is 0.277. The first-order valence-corrected chi connectivity index (χ1v) is 8.42. The van der Waals surface area contributed by atoms with Gasteiger partial charge in [-0.3, -0.25) is 0 Å². The van der Waals surface area contributed by atoms with Crippen LogP contribution in [0.3, 0.4) is 0 Å². The number of thiazole rings is 1. The van der Waals surface area contributed by atoms with Gasteiger partial charge >= 0.3 is 0 Å². The van der Waals surface area contributed by atoms with Crippen molar-refractivity contribution in [1.82, 2.24) is 14.0 Å². The number of hydrogen-bond acceptors (Lipinski definition) is 4. The highest BCUT2D eigenvalue weighted by Crippen LogP contribution is 2.22. The molecule has 0 aromatic carbocycles. The van der Waals surface area contributed by atoms with Crippen molar-refractivity contribution in [1.29, 1.82) is 0 Å². The Kier molecular flexibility index (Phi) is 4.37. The molecule has 102 valence electrons. The molecule has 1 aliphatic rings. The van der Waals surface area contributed by atoms with E-state index in [1.807, 2.05) is 5.38 Å². The molecule has 0 aliphatic carbocycles. The third kappa shape index (κ3) is 3.50. The summed E-state index contributed by atoms with van der Waals surface area (Å²) in [5.41, 5.74) is 0. The summed E-state index contributed by atoms with van der Waals surface area (Å²) in [5.74, 6) is 0.843. The molecule has 2 rings (SSSR count). The van der Waals surface area contributed by atoms with Crippen molar-refractivity contribution in [2.24, 2.45) is 11.8 Å². The maximum atomic E-state index is 12.2. The van der Waals surface area contributed by atoms with E-state index in [1.165, 1.54) is 11.3 Å². The molecule has 7 heteroatoms. The van der Waals surface area contributed by atoms with Crippen LogP contribution < -0.4 is 4.72 Å². The molecular weight excluding hydrogens is 270 g/mol. The zero-order valence-electron chi connectivity index (χ0n) is 10.7. The lowest BCUT2D eigenvalue weighted by Gasteiger charge is -2.33. The van der Waals surface area contributed by atoms with Gasteiger partial charge in [-0.2, -0.15) is 17.4 Å². The van der Waals surface area contributed by atoms with E-state index in [1.54, 1.807) is 10.5 Å². The van der Waals surface area contributed by atoms with Gasteiger partial charge in [0.2, 0.25) is 0 Å². The number of nitrogens with one attached hydrogen (secondary N) is 1. The molecule has 0 spiro atoms. The van der Waals surface area contributed by atoms with E-state index in [9.17, 15) is 8.42 Å². The van der Waals surface area contributed by atoms with Gasteiger partial charge in [-0.1, -0.05) is 13.8 Å². The molecule has 1 fully saturated rings. The third-order valence-corrected chi connectivity index (χ3v) is 5.33. The van der Waals surface area contributed by atoms with Crippen molar-refractivity contribution < 1.29 is 8.42 Å². The number of hydrogen-bond donors (Lipinski definition) is 1. The van der Waals surface area contributed by atoms with E-state index in [-0.39, 0.29) is 6.54 Å². The van der Waals surface area contributed by atoms with Gasteiger partial charge in [-0.05, 0) is 18.3 Å². The Balaban J connectivity index is 1.97. The van der Waals surface area contributed by atoms with E-state index in [0.29, 0.717) is 24.9 Å². The Labute approximate surface area is 112 Å².